The van der Waals surface area contributed by atoms with Crippen molar-refractivity contribution in [1.29, 1.82) is 0 Å². The molecule has 104 valence electrons. The first-order valence-electron chi connectivity index (χ1n) is 6.93. The van der Waals surface area contributed by atoms with E-state index in [1.165, 1.54) is 12.8 Å². The molecule has 1 aliphatic rings. The van der Waals surface area contributed by atoms with Crippen molar-refractivity contribution in [3.05, 3.63) is 29.3 Å². The van der Waals surface area contributed by atoms with Gasteiger partial charge in [-0.3, -0.25) is 4.79 Å². The molecule has 1 amide bonds. The summed E-state index contributed by atoms with van der Waals surface area (Å²) in [5.74, 6) is -0.369. The number of carbonyl (C=O) groups is 1. The number of rotatable bonds is 3. The third-order valence-corrected chi connectivity index (χ3v) is 4.07. The van der Waals surface area contributed by atoms with Gasteiger partial charge in [0.25, 0.3) is 0 Å². The molecule has 0 bridgehead atoms. The fourth-order valence-corrected chi connectivity index (χ4v) is 3.07. The number of amides is 1. The summed E-state index contributed by atoms with van der Waals surface area (Å²) in [5.41, 5.74) is 13.9. The molecular formula is C15H23N3O. The molecule has 0 aliphatic carbocycles. The molecule has 19 heavy (non-hydrogen) atoms. The summed E-state index contributed by atoms with van der Waals surface area (Å²) >= 11 is 0. The summed E-state index contributed by atoms with van der Waals surface area (Å²) in [6, 6.07) is 6.73. The molecule has 0 saturated carbocycles. The van der Waals surface area contributed by atoms with E-state index >= 15 is 0 Å². The van der Waals surface area contributed by atoms with Crippen molar-refractivity contribution < 1.29 is 4.79 Å². The molecule has 1 aromatic carbocycles. The van der Waals surface area contributed by atoms with E-state index in [1.54, 1.807) is 0 Å². The second kappa shape index (κ2) is 5.61. The van der Waals surface area contributed by atoms with Crippen molar-refractivity contribution in [2.75, 3.05) is 11.4 Å². The Morgan fingerprint density at radius 1 is 1.42 bits per heavy atom. The van der Waals surface area contributed by atoms with E-state index in [4.69, 9.17) is 11.5 Å². The Balaban J connectivity index is 2.34. The minimum Gasteiger partial charge on any atom is -0.366 e. The molecule has 4 N–H and O–H groups in total. The lowest BCUT2D eigenvalue weighted by atomic mass is 9.94. The van der Waals surface area contributed by atoms with Gasteiger partial charge in [-0.2, -0.15) is 0 Å². The Bertz CT molecular complexity index is 472. The van der Waals surface area contributed by atoms with Crippen LogP contribution in [0, 0.1) is 6.92 Å². The van der Waals surface area contributed by atoms with E-state index in [0.717, 1.165) is 17.7 Å². The van der Waals surface area contributed by atoms with E-state index in [-0.39, 0.29) is 5.91 Å². The van der Waals surface area contributed by atoms with Crippen molar-refractivity contribution in [3.63, 3.8) is 0 Å². The van der Waals surface area contributed by atoms with Crippen LogP contribution in [0.1, 0.15) is 42.1 Å². The van der Waals surface area contributed by atoms with Crippen LogP contribution in [0.2, 0.25) is 0 Å². The molecule has 0 radical (unpaired) electrons. The Kier molecular flexibility index (Phi) is 4.10. The zero-order chi connectivity index (χ0) is 14.0. The smallest absolute Gasteiger partial charge is 0.248 e. The molecule has 1 fully saturated rings. The van der Waals surface area contributed by atoms with Crippen LogP contribution in [0.5, 0.6) is 0 Å². The molecule has 1 heterocycles. The number of anilines is 1. The first-order valence-corrected chi connectivity index (χ1v) is 6.93. The summed E-state index contributed by atoms with van der Waals surface area (Å²) < 4.78 is 0. The van der Waals surface area contributed by atoms with Gasteiger partial charge in [0.1, 0.15) is 0 Å². The number of benzene rings is 1. The van der Waals surface area contributed by atoms with Gasteiger partial charge in [-0.05, 0) is 56.9 Å². The highest BCUT2D eigenvalue weighted by molar-refractivity contribution is 5.94. The number of hydrogen-bond acceptors (Lipinski definition) is 3. The molecule has 2 rings (SSSR count). The molecular weight excluding hydrogens is 238 g/mol. The van der Waals surface area contributed by atoms with Gasteiger partial charge in [-0.15, -0.1) is 0 Å². The van der Waals surface area contributed by atoms with Crippen molar-refractivity contribution in [2.24, 2.45) is 11.5 Å². The van der Waals surface area contributed by atoms with Crippen LogP contribution in [-0.4, -0.2) is 24.5 Å². The predicted molar refractivity (Wildman–Crippen MR) is 78.3 cm³/mol. The highest BCUT2D eigenvalue weighted by Crippen LogP contribution is 2.30. The van der Waals surface area contributed by atoms with Crippen molar-refractivity contribution >= 4 is 11.6 Å². The topological polar surface area (TPSA) is 72.3 Å². The van der Waals surface area contributed by atoms with Crippen LogP contribution < -0.4 is 16.4 Å². The van der Waals surface area contributed by atoms with Crippen LogP contribution in [0.3, 0.4) is 0 Å². The lowest BCUT2D eigenvalue weighted by Crippen LogP contribution is -2.49. The molecule has 1 aromatic rings. The summed E-state index contributed by atoms with van der Waals surface area (Å²) in [6.45, 7) is 4.83. The van der Waals surface area contributed by atoms with Gasteiger partial charge in [0.05, 0.1) is 0 Å². The van der Waals surface area contributed by atoms with Crippen LogP contribution in [-0.2, 0) is 0 Å². The largest absolute Gasteiger partial charge is 0.366 e. The van der Waals surface area contributed by atoms with E-state index in [0.29, 0.717) is 24.2 Å². The maximum absolute atomic E-state index is 11.3. The number of nitrogens with two attached hydrogens (primary N) is 2. The number of aryl methyl sites for hydroxylation is 1. The Labute approximate surface area is 114 Å². The zero-order valence-electron chi connectivity index (χ0n) is 11.7. The van der Waals surface area contributed by atoms with Crippen LogP contribution in [0.4, 0.5) is 5.69 Å². The predicted octanol–water partition coefficient (Wildman–Crippen LogP) is 1.80. The summed E-state index contributed by atoms with van der Waals surface area (Å²) in [4.78, 5) is 13.7. The normalized spacial score (nSPS) is 23.4. The van der Waals surface area contributed by atoms with Gasteiger partial charge in [0.2, 0.25) is 5.91 Å². The van der Waals surface area contributed by atoms with Gasteiger partial charge in [-0.1, -0.05) is 0 Å². The van der Waals surface area contributed by atoms with Crippen molar-refractivity contribution in [2.45, 2.75) is 45.2 Å². The van der Waals surface area contributed by atoms with Crippen LogP contribution in [0.15, 0.2) is 18.2 Å². The lowest BCUT2D eigenvalue weighted by molar-refractivity contribution is 0.1000. The average molecular weight is 261 g/mol. The van der Waals surface area contributed by atoms with E-state index in [1.807, 2.05) is 25.1 Å². The lowest BCUT2D eigenvalue weighted by Gasteiger charge is -2.42. The first-order chi connectivity index (χ1) is 9.04. The SMILES string of the molecule is Cc1cc(N2C(C)CCCC2CN)ccc1C(N)=O. The number of nitrogens with zero attached hydrogens (tertiary/aromatic N) is 1. The quantitative estimate of drug-likeness (QED) is 0.871. The van der Waals surface area contributed by atoms with E-state index in [2.05, 4.69) is 11.8 Å². The fraction of sp³-hybridized carbons (Fsp3) is 0.533. The van der Waals surface area contributed by atoms with E-state index in [9.17, 15) is 4.79 Å². The van der Waals surface area contributed by atoms with Gasteiger partial charge in [0, 0.05) is 29.9 Å². The van der Waals surface area contributed by atoms with Gasteiger partial charge in [0.15, 0.2) is 0 Å². The third kappa shape index (κ3) is 2.73. The maximum Gasteiger partial charge on any atom is 0.248 e. The molecule has 2 unspecified atom stereocenters. The first kappa shape index (κ1) is 13.9. The zero-order valence-corrected chi connectivity index (χ0v) is 11.7. The number of primary amides is 1. The molecule has 1 saturated heterocycles. The molecule has 1 aliphatic heterocycles. The molecule has 2 atom stereocenters. The second-order valence-corrected chi connectivity index (χ2v) is 5.44. The minimum atomic E-state index is -0.369. The number of piperidine rings is 1. The Morgan fingerprint density at radius 2 is 2.16 bits per heavy atom. The van der Waals surface area contributed by atoms with Gasteiger partial charge >= 0.3 is 0 Å². The van der Waals surface area contributed by atoms with Crippen LogP contribution in [0.25, 0.3) is 0 Å². The minimum absolute atomic E-state index is 0.369. The molecule has 4 nitrogen and oxygen atoms in total. The highest BCUT2D eigenvalue weighted by Gasteiger charge is 2.27. The van der Waals surface area contributed by atoms with E-state index < -0.39 is 0 Å². The standard InChI is InChI=1S/C15H23N3O/c1-10-8-12(6-7-14(10)15(17)19)18-11(2)4-3-5-13(18)9-16/h6-8,11,13H,3-5,9,16H2,1-2H3,(H2,17,19). The molecule has 0 spiro atoms. The molecule has 0 aromatic heterocycles. The fourth-order valence-electron chi connectivity index (χ4n) is 3.07. The average Bonchev–Trinajstić information content (AvgIpc) is 2.37. The summed E-state index contributed by atoms with van der Waals surface area (Å²) in [6.07, 6.45) is 3.56. The second-order valence-electron chi connectivity index (χ2n) is 5.44. The highest BCUT2D eigenvalue weighted by atomic mass is 16.1. The Morgan fingerprint density at radius 3 is 2.74 bits per heavy atom. The third-order valence-electron chi connectivity index (χ3n) is 4.07. The van der Waals surface area contributed by atoms with Crippen molar-refractivity contribution in [3.8, 4) is 0 Å². The van der Waals surface area contributed by atoms with Crippen molar-refractivity contribution in [1.82, 2.24) is 0 Å². The number of hydrogen-bond donors (Lipinski definition) is 2. The summed E-state index contributed by atoms with van der Waals surface area (Å²) in [5, 5.41) is 0. The van der Waals surface area contributed by atoms with Gasteiger partial charge < -0.3 is 16.4 Å². The summed E-state index contributed by atoms with van der Waals surface area (Å²) in [7, 11) is 0. The maximum atomic E-state index is 11.3. The van der Waals surface area contributed by atoms with Crippen LogP contribution >= 0.6 is 0 Å². The monoisotopic (exact) mass is 261 g/mol. The Hall–Kier alpha value is -1.55. The van der Waals surface area contributed by atoms with Gasteiger partial charge in [-0.25, -0.2) is 0 Å². The molecule has 4 heteroatoms. The number of carbonyl (C=O) groups excluding carboxylic acids is 1.